The number of hydrogen-bond donors (Lipinski definition) is 1. The normalized spacial score (nSPS) is 28.0. The minimum atomic E-state index is -0.926. The first-order valence-corrected chi connectivity index (χ1v) is 8.82. The number of ether oxygens (including phenoxy) is 4. The third-order valence-corrected chi connectivity index (χ3v) is 4.82. The van der Waals surface area contributed by atoms with Gasteiger partial charge in [-0.1, -0.05) is 30.0 Å². The Hall–Kier alpha value is -2.10. The zero-order valence-corrected chi connectivity index (χ0v) is 15.2. The zero-order valence-electron chi connectivity index (χ0n) is 14.4. The van der Waals surface area contributed by atoms with Crippen LogP contribution in [0.15, 0.2) is 35.2 Å². The first-order chi connectivity index (χ1) is 12.4. The Morgan fingerprint density at radius 2 is 1.88 bits per heavy atom. The van der Waals surface area contributed by atoms with Crippen molar-refractivity contribution in [2.45, 2.75) is 48.5 Å². The Bertz CT molecular complexity index is 627. The van der Waals surface area contributed by atoms with Gasteiger partial charge in [0, 0.05) is 18.7 Å². The second-order valence-corrected chi connectivity index (χ2v) is 6.80. The summed E-state index contributed by atoms with van der Waals surface area (Å²) in [4.78, 5) is 34.4. The fourth-order valence-corrected chi connectivity index (χ4v) is 3.73. The summed E-state index contributed by atoms with van der Waals surface area (Å²) in [7, 11) is 0. The minimum Gasteiger partial charge on any atom is -0.463 e. The van der Waals surface area contributed by atoms with Gasteiger partial charge in [0.05, 0.1) is 6.04 Å². The van der Waals surface area contributed by atoms with Crippen molar-refractivity contribution in [1.82, 2.24) is 0 Å². The molecule has 5 unspecified atom stereocenters. The Labute approximate surface area is 155 Å². The van der Waals surface area contributed by atoms with E-state index in [0.29, 0.717) is 0 Å². The van der Waals surface area contributed by atoms with E-state index in [1.54, 1.807) is 0 Å². The molecule has 0 bridgehead atoms. The topological polar surface area (TPSA) is 114 Å². The number of carbonyl (C=O) groups excluding carboxylic acids is 3. The lowest BCUT2D eigenvalue weighted by Gasteiger charge is -2.43. The molecule has 0 saturated carbocycles. The highest BCUT2D eigenvalue weighted by molar-refractivity contribution is 7.99. The molecule has 5 atom stereocenters. The van der Waals surface area contributed by atoms with Crippen molar-refractivity contribution in [3.05, 3.63) is 30.3 Å². The van der Waals surface area contributed by atoms with Gasteiger partial charge in [-0.25, -0.2) is 0 Å². The molecule has 1 fully saturated rings. The molecule has 1 heterocycles. The van der Waals surface area contributed by atoms with E-state index in [1.165, 1.54) is 25.6 Å². The highest BCUT2D eigenvalue weighted by atomic mass is 32.2. The largest absolute Gasteiger partial charge is 0.463 e. The summed E-state index contributed by atoms with van der Waals surface area (Å²) >= 11 is 1.31. The van der Waals surface area contributed by atoms with E-state index < -0.39 is 41.7 Å². The van der Waals surface area contributed by atoms with E-state index in [-0.39, 0.29) is 13.1 Å². The minimum absolute atomic E-state index is 0.138. The molecule has 0 amide bonds. The summed E-state index contributed by atoms with van der Waals surface area (Å²) in [5.41, 5.74) is 5.54. The maximum Gasteiger partial charge on any atom is 0.303 e. The lowest BCUT2D eigenvalue weighted by atomic mass is 9.97. The van der Waals surface area contributed by atoms with Gasteiger partial charge in [0.1, 0.15) is 24.3 Å². The molecule has 1 aliphatic heterocycles. The van der Waals surface area contributed by atoms with Crippen molar-refractivity contribution in [1.29, 1.82) is 0 Å². The fourth-order valence-electron chi connectivity index (χ4n) is 2.57. The first kappa shape index (κ1) is 20.2. The van der Waals surface area contributed by atoms with E-state index in [2.05, 4.69) is 0 Å². The SMILES string of the molecule is CC(=O)OCC1OC(Sc2ccccc2)C(OC=O)C(N)C1OC(C)=O. The lowest BCUT2D eigenvalue weighted by Crippen LogP contribution is -2.63. The molecule has 1 aromatic carbocycles. The molecular weight excluding hydrogens is 362 g/mol. The molecule has 0 aromatic heterocycles. The van der Waals surface area contributed by atoms with Crippen molar-refractivity contribution in [3.63, 3.8) is 0 Å². The molecule has 1 aliphatic rings. The molecule has 2 N–H and O–H groups in total. The van der Waals surface area contributed by atoms with Crippen molar-refractivity contribution in [2.75, 3.05) is 6.61 Å². The molecule has 9 heteroatoms. The zero-order chi connectivity index (χ0) is 19.1. The van der Waals surface area contributed by atoms with E-state index in [9.17, 15) is 14.4 Å². The summed E-state index contributed by atoms with van der Waals surface area (Å²) in [6, 6.07) is 8.49. The van der Waals surface area contributed by atoms with Gasteiger partial charge in [-0.2, -0.15) is 0 Å². The van der Waals surface area contributed by atoms with Gasteiger partial charge in [-0.3, -0.25) is 14.4 Å². The predicted molar refractivity (Wildman–Crippen MR) is 92.1 cm³/mol. The number of nitrogens with two attached hydrogens (primary N) is 1. The van der Waals surface area contributed by atoms with Gasteiger partial charge in [-0.15, -0.1) is 0 Å². The molecule has 1 saturated heterocycles. The fraction of sp³-hybridized carbons (Fsp3) is 0.471. The lowest BCUT2D eigenvalue weighted by molar-refractivity contribution is -0.197. The predicted octanol–water partition coefficient (Wildman–Crippen LogP) is 0.867. The quantitative estimate of drug-likeness (QED) is 0.416. The average molecular weight is 383 g/mol. The molecule has 0 radical (unpaired) electrons. The molecule has 0 aliphatic carbocycles. The maximum atomic E-state index is 11.4. The van der Waals surface area contributed by atoms with Crippen molar-refractivity contribution >= 4 is 30.2 Å². The van der Waals surface area contributed by atoms with Crippen LogP contribution in [0.3, 0.4) is 0 Å². The number of benzene rings is 1. The van der Waals surface area contributed by atoms with Gasteiger partial charge in [0.15, 0.2) is 6.10 Å². The van der Waals surface area contributed by atoms with Crippen LogP contribution in [0, 0.1) is 0 Å². The van der Waals surface area contributed by atoms with Crippen LogP contribution in [0.4, 0.5) is 0 Å². The van der Waals surface area contributed by atoms with Crippen LogP contribution in [0.25, 0.3) is 0 Å². The monoisotopic (exact) mass is 383 g/mol. The second kappa shape index (κ2) is 9.56. The standard InChI is InChI=1S/C17H21NO7S/c1-10(20)22-8-13-15(24-11(2)21)14(18)16(23-9-19)17(25-13)26-12-6-4-3-5-7-12/h3-7,9,13-17H,8,18H2,1-2H3. The van der Waals surface area contributed by atoms with E-state index in [4.69, 9.17) is 24.7 Å². The van der Waals surface area contributed by atoms with E-state index in [0.717, 1.165) is 4.90 Å². The van der Waals surface area contributed by atoms with Gasteiger partial charge in [0.2, 0.25) is 0 Å². The number of rotatable bonds is 7. The third-order valence-electron chi connectivity index (χ3n) is 3.66. The van der Waals surface area contributed by atoms with Crippen LogP contribution in [0.2, 0.25) is 0 Å². The smallest absolute Gasteiger partial charge is 0.303 e. The Kier molecular flexibility index (Phi) is 7.43. The second-order valence-electron chi connectivity index (χ2n) is 5.62. The van der Waals surface area contributed by atoms with Crippen LogP contribution in [-0.4, -0.2) is 54.8 Å². The van der Waals surface area contributed by atoms with E-state index in [1.807, 2.05) is 30.3 Å². The third kappa shape index (κ3) is 5.45. The van der Waals surface area contributed by atoms with Gasteiger partial charge in [-0.05, 0) is 12.1 Å². The van der Waals surface area contributed by atoms with Gasteiger partial charge < -0.3 is 24.7 Å². The van der Waals surface area contributed by atoms with Gasteiger partial charge in [0.25, 0.3) is 6.47 Å². The van der Waals surface area contributed by atoms with Crippen LogP contribution in [-0.2, 0) is 33.3 Å². The highest BCUT2D eigenvalue weighted by Gasteiger charge is 2.48. The molecular formula is C17H21NO7S. The molecule has 26 heavy (non-hydrogen) atoms. The first-order valence-electron chi connectivity index (χ1n) is 7.94. The summed E-state index contributed by atoms with van der Waals surface area (Å²) in [6.45, 7) is 2.64. The molecule has 8 nitrogen and oxygen atoms in total. The van der Waals surface area contributed by atoms with Crippen molar-refractivity contribution in [2.24, 2.45) is 5.73 Å². The summed E-state index contributed by atoms with van der Waals surface area (Å²) in [5.74, 6) is -1.07. The maximum absolute atomic E-state index is 11.4. The summed E-state index contributed by atoms with van der Waals surface area (Å²) < 4.78 is 21.3. The highest BCUT2D eigenvalue weighted by Crippen LogP contribution is 2.35. The summed E-state index contributed by atoms with van der Waals surface area (Å²) in [5, 5.41) is 0. The van der Waals surface area contributed by atoms with Crippen LogP contribution in [0.5, 0.6) is 0 Å². The van der Waals surface area contributed by atoms with Crippen molar-refractivity contribution in [3.8, 4) is 0 Å². The molecule has 142 valence electrons. The Morgan fingerprint density at radius 1 is 1.19 bits per heavy atom. The Balaban J connectivity index is 2.23. The van der Waals surface area contributed by atoms with Crippen molar-refractivity contribution < 1.29 is 33.3 Å². The van der Waals surface area contributed by atoms with Gasteiger partial charge >= 0.3 is 11.9 Å². The molecule has 0 spiro atoms. The number of hydrogen-bond acceptors (Lipinski definition) is 9. The van der Waals surface area contributed by atoms with E-state index >= 15 is 0 Å². The summed E-state index contributed by atoms with van der Waals surface area (Å²) in [6.07, 6.45) is -2.56. The number of carbonyl (C=O) groups is 3. The Morgan fingerprint density at radius 3 is 2.46 bits per heavy atom. The average Bonchev–Trinajstić information content (AvgIpc) is 2.59. The number of esters is 2. The molecule has 1 aromatic rings. The van der Waals surface area contributed by atoms with Crippen LogP contribution < -0.4 is 5.73 Å². The van der Waals surface area contributed by atoms with Crippen LogP contribution in [0.1, 0.15) is 13.8 Å². The molecule has 2 rings (SSSR count). The number of thioether (sulfide) groups is 1. The van der Waals surface area contributed by atoms with Crippen LogP contribution >= 0.6 is 11.8 Å².